The van der Waals surface area contributed by atoms with E-state index in [-0.39, 0.29) is 12.6 Å². The van der Waals surface area contributed by atoms with E-state index in [0.29, 0.717) is 0 Å². The second kappa shape index (κ2) is 4.99. The number of aliphatic hydroxyl groups is 1. The van der Waals surface area contributed by atoms with Crippen LogP contribution in [0.1, 0.15) is 12.6 Å². The van der Waals surface area contributed by atoms with Crippen molar-refractivity contribution in [1.29, 1.82) is 0 Å². The number of nitrogens with one attached hydrogen (secondary N) is 1. The maximum absolute atomic E-state index is 9.02. The summed E-state index contributed by atoms with van der Waals surface area (Å²) in [6.07, 6.45) is 1.93. The summed E-state index contributed by atoms with van der Waals surface area (Å²) in [5.74, 6) is 0. The predicted octanol–water partition coefficient (Wildman–Crippen LogP) is 0.162. The molecule has 0 amide bonds. The van der Waals surface area contributed by atoms with Gasteiger partial charge in [0, 0.05) is 12.2 Å². The summed E-state index contributed by atoms with van der Waals surface area (Å²) < 4.78 is 1.85. The summed E-state index contributed by atoms with van der Waals surface area (Å²) in [5, 5.41) is 16.4. The summed E-state index contributed by atoms with van der Waals surface area (Å²) in [6, 6.07) is 2.06. The molecule has 0 radical (unpaired) electrons. The highest BCUT2D eigenvalue weighted by molar-refractivity contribution is 4.95. The van der Waals surface area contributed by atoms with Crippen molar-refractivity contribution in [3.05, 3.63) is 18.0 Å². The topological polar surface area (TPSA) is 50.1 Å². The third-order valence-corrected chi connectivity index (χ3v) is 1.89. The van der Waals surface area contributed by atoms with Gasteiger partial charge in [0.15, 0.2) is 0 Å². The molecule has 74 valence electrons. The third kappa shape index (κ3) is 3.16. The Morgan fingerprint density at radius 2 is 2.46 bits per heavy atom. The Balaban J connectivity index is 2.46. The van der Waals surface area contributed by atoms with Crippen LogP contribution >= 0.6 is 0 Å². The number of nitrogens with zero attached hydrogens (tertiary/aromatic N) is 2. The van der Waals surface area contributed by atoms with E-state index in [0.717, 1.165) is 18.8 Å². The number of aromatic nitrogens is 2. The molecule has 1 aromatic rings. The first-order valence-corrected chi connectivity index (χ1v) is 4.60. The molecule has 4 nitrogen and oxygen atoms in total. The van der Waals surface area contributed by atoms with Crippen molar-refractivity contribution in [2.75, 3.05) is 13.2 Å². The normalized spacial score (nSPS) is 13.2. The van der Waals surface area contributed by atoms with Crippen LogP contribution in [0.5, 0.6) is 0 Å². The van der Waals surface area contributed by atoms with Crippen molar-refractivity contribution in [2.45, 2.75) is 26.4 Å². The highest BCUT2D eigenvalue weighted by Gasteiger charge is 2.06. The molecule has 1 aromatic heterocycles. The van der Waals surface area contributed by atoms with Gasteiger partial charge in [0.1, 0.15) is 0 Å². The molecule has 0 bridgehead atoms. The summed E-state index contributed by atoms with van der Waals surface area (Å²) in [4.78, 5) is 0. The van der Waals surface area contributed by atoms with Crippen LogP contribution < -0.4 is 5.32 Å². The lowest BCUT2D eigenvalue weighted by Crippen LogP contribution is -2.36. The second-order valence-electron chi connectivity index (χ2n) is 3.12. The molecule has 1 heterocycles. The van der Waals surface area contributed by atoms with Crippen molar-refractivity contribution in [3.8, 4) is 0 Å². The number of likely N-dealkylation sites (N-methyl/N-ethyl adjacent to an activating group) is 1. The van der Waals surface area contributed by atoms with Crippen LogP contribution in [0.2, 0.25) is 0 Å². The number of aliphatic hydroxyl groups excluding tert-OH is 1. The first kappa shape index (κ1) is 10.2. The molecule has 0 aliphatic rings. The largest absolute Gasteiger partial charge is 0.395 e. The van der Waals surface area contributed by atoms with Gasteiger partial charge in [0.2, 0.25) is 0 Å². The number of aryl methyl sites for hydroxylation is 1. The SMILES string of the molecule is CCNC(CO)Cn1ccc(C)n1. The number of hydrogen-bond acceptors (Lipinski definition) is 3. The Hall–Kier alpha value is -0.870. The van der Waals surface area contributed by atoms with Crippen molar-refractivity contribution in [2.24, 2.45) is 0 Å². The zero-order valence-electron chi connectivity index (χ0n) is 8.20. The van der Waals surface area contributed by atoms with E-state index in [1.807, 2.05) is 30.8 Å². The lowest BCUT2D eigenvalue weighted by atomic mass is 10.3. The fourth-order valence-corrected chi connectivity index (χ4v) is 1.27. The van der Waals surface area contributed by atoms with E-state index in [9.17, 15) is 0 Å². The molecule has 0 spiro atoms. The standard InChI is InChI=1S/C9H17N3O/c1-3-10-9(7-13)6-12-5-4-8(2)11-12/h4-5,9-10,13H,3,6-7H2,1-2H3. The van der Waals surface area contributed by atoms with Gasteiger partial charge < -0.3 is 10.4 Å². The van der Waals surface area contributed by atoms with Crippen LogP contribution in [-0.2, 0) is 6.54 Å². The molecule has 1 unspecified atom stereocenters. The van der Waals surface area contributed by atoms with E-state index in [2.05, 4.69) is 10.4 Å². The lowest BCUT2D eigenvalue weighted by Gasteiger charge is -2.14. The molecular formula is C9H17N3O. The van der Waals surface area contributed by atoms with Crippen LogP contribution in [0.15, 0.2) is 12.3 Å². The van der Waals surface area contributed by atoms with Gasteiger partial charge in [-0.15, -0.1) is 0 Å². The maximum atomic E-state index is 9.02. The van der Waals surface area contributed by atoms with Gasteiger partial charge >= 0.3 is 0 Å². The highest BCUT2D eigenvalue weighted by atomic mass is 16.3. The molecule has 0 saturated heterocycles. The van der Waals surface area contributed by atoms with Crippen molar-refractivity contribution >= 4 is 0 Å². The quantitative estimate of drug-likeness (QED) is 0.684. The molecule has 4 heteroatoms. The molecule has 0 aliphatic carbocycles. The van der Waals surface area contributed by atoms with Gasteiger partial charge in [-0.1, -0.05) is 6.92 Å². The molecule has 0 saturated carbocycles. The minimum absolute atomic E-state index is 0.101. The Morgan fingerprint density at radius 1 is 1.69 bits per heavy atom. The van der Waals surface area contributed by atoms with Gasteiger partial charge in [0.05, 0.1) is 18.8 Å². The van der Waals surface area contributed by atoms with Gasteiger partial charge in [0.25, 0.3) is 0 Å². The second-order valence-corrected chi connectivity index (χ2v) is 3.12. The Bertz CT molecular complexity index is 247. The summed E-state index contributed by atoms with van der Waals surface area (Å²) in [5.41, 5.74) is 1.01. The van der Waals surface area contributed by atoms with Crippen molar-refractivity contribution in [1.82, 2.24) is 15.1 Å². The number of hydrogen-bond donors (Lipinski definition) is 2. The van der Waals surface area contributed by atoms with E-state index in [4.69, 9.17) is 5.11 Å². The van der Waals surface area contributed by atoms with Crippen LogP contribution in [0, 0.1) is 6.92 Å². The Kier molecular flexibility index (Phi) is 3.92. The molecule has 2 N–H and O–H groups in total. The maximum Gasteiger partial charge on any atom is 0.0602 e. The van der Waals surface area contributed by atoms with Gasteiger partial charge in [-0.25, -0.2) is 0 Å². The molecule has 0 fully saturated rings. The summed E-state index contributed by atoms with van der Waals surface area (Å²) in [6.45, 7) is 5.71. The predicted molar refractivity (Wildman–Crippen MR) is 51.5 cm³/mol. The minimum atomic E-state index is 0.101. The summed E-state index contributed by atoms with van der Waals surface area (Å²) >= 11 is 0. The lowest BCUT2D eigenvalue weighted by molar-refractivity contribution is 0.227. The average Bonchev–Trinajstić information content (AvgIpc) is 2.50. The first-order chi connectivity index (χ1) is 6.26. The molecular weight excluding hydrogens is 166 g/mol. The highest BCUT2D eigenvalue weighted by Crippen LogP contribution is 1.95. The van der Waals surface area contributed by atoms with Gasteiger partial charge in [-0.05, 0) is 19.5 Å². The minimum Gasteiger partial charge on any atom is -0.395 e. The third-order valence-electron chi connectivity index (χ3n) is 1.89. The van der Waals surface area contributed by atoms with Crippen LogP contribution in [0.4, 0.5) is 0 Å². The molecule has 13 heavy (non-hydrogen) atoms. The monoisotopic (exact) mass is 183 g/mol. The van der Waals surface area contributed by atoms with E-state index in [1.165, 1.54) is 0 Å². The van der Waals surface area contributed by atoms with E-state index >= 15 is 0 Å². The van der Waals surface area contributed by atoms with Crippen molar-refractivity contribution in [3.63, 3.8) is 0 Å². The van der Waals surface area contributed by atoms with Crippen LogP contribution in [0.25, 0.3) is 0 Å². The molecule has 0 aromatic carbocycles. The fourth-order valence-electron chi connectivity index (χ4n) is 1.27. The van der Waals surface area contributed by atoms with Gasteiger partial charge in [-0.3, -0.25) is 4.68 Å². The number of rotatable bonds is 5. The summed E-state index contributed by atoms with van der Waals surface area (Å²) in [7, 11) is 0. The van der Waals surface area contributed by atoms with Crippen LogP contribution in [-0.4, -0.2) is 34.1 Å². The zero-order chi connectivity index (χ0) is 9.68. The van der Waals surface area contributed by atoms with E-state index < -0.39 is 0 Å². The fraction of sp³-hybridized carbons (Fsp3) is 0.667. The molecule has 0 aliphatic heterocycles. The zero-order valence-corrected chi connectivity index (χ0v) is 8.20. The Morgan fingerprint density at radius 3 is 2.92 bits per heavy atom. The molecule has 1 atom stereocenters. The average molecular weight is 183 g/mol. The smallest absolute Gasteiger partial charge is 0.0602 e. The van der Waals surface area contributed by atoms with E-state index in [1.54, 1.807) is 0 Å². The van der Waals surface area contributed by atoms with Gasteiger partial charge in [-0.2, -0.15) is 5.10 Å². The Labute approximate surface area is 78.6 Å². The van der Waals surface area contributed by atoms with Crippen LogP contribution in [0.3, 0.4) is 0 Å². The van der Waals surface area contributed by atoms with Crippen molar-refractivity contribution < 1.29 is 5.11 Å². The molecule has 1 rings (SSSR count). The first-order valence-electron chi connectivity index (χ1n) is 4.60.